The molecule has 0 aromatic rings. The molecule has 0 unspecified atom stereocenters. The summed E-state index contributed by atoms with van der Waals surface area (Å²) in [5, 5.41) is 3.56. The highest BCUT2D eigenvalue weighted by molar-refractivity contribution is 5.80. The molecule has 3 nitrogen and oxygen atoms in total. The summed E-state index contributed by atoms with van der Waals surface area (Å²) in [7, 11) is 1.92. The van der Waals surface area contributed by atoms with Gasteiger partial charge in [-0.05, 0) is 50.4 Å². The van der Waals surface area contributed by atoms with Crippen molar-refractivity contribution >= 4 is 5.96 Å². The molecule has 0 aromatic heterocycles. The lowest BCUT2D eigenvalue weighted by Crippen LogP contribution is -2.42. The second-order valence-electron chi connectivity index (χ2n) is 6.50. The maximum Gasteiger partial charge on any atom is 0.193 e. The Morgan fingerprint density at radius 3 is 2.84 bits per heavy atom. The van der Waals surface area contributed by atoms with E-state index in [9.17, 15) is 0 Å². The maximum atomic E-state index is 4.47. The average Bonchev–Trinajstić information content (AvgIpc) is 3.03. The number of nitrogens with zero attached hydrogens (tertiary/aromatic N) is 2. The highest BCUT2D eigenvalue weighted by Gasteiger charge is 2.43. The van der Waals surface area contributed by atoms with Gasteiger partial charge >= 0.3 is 0 Å². The summed E-state index contributed by atoms with van der Waals surface area (Å²) in [6.45, 7) is 3.47. The van der Waals surface area contributed by atoms with Crippen molar-refractivity contribution in [3.8, 4) is 0 Å². The molecule has 19 heavy (non-hydrogen) atoms. The Morgan fingerprint density at radius 2 is 2.26 bits per heavy atom. The second kappa shape index (κ2) is 5.56. The van der Waals surface area contributed by atoms with Crippen molar-refractivity contribution < 1.29 is 0 Å². The van der Waals surface area contributed by atoms with Crippen molar-refractivity contribution in [2.75, 3.05) is 26.7 Å². The van der Waals surface area contributed by atoms with Gasteiger partial charge in [0.05, 0.1) is 0 Å². The van der Waals surface area contributed by atoms with Crippen LogP contribution in [0.1, 0.15) is 51.4 Å². The molecule has 3 aliphatic rings. The van der Waals surface area contributed by atoms with Crippen molar-refractivity contribution in [2.45, 2.75) is 51.4 Å². The zero-order chi connectivity index (χ0) is 13.1. The predicted molar refractivity (Wildman–Crippen MR) is 80.4 cm³/mol. The van der Waals surface area contributed by atoms with Gasteiger partial charge in [-0.15, -0.1) is 0 Å². The van der Waals surface area contributed by atoms with Gasteiger partial charge in [0.15, 0.2) is 5.96 Å². The Hall–Kier alpha value is -0.990. The molecule has 106 valence electrons. The van der Waals surface area contributed by atoms with E-state index < -0.39 is 0 Å². The molecule has 2 aliphatic carbocycles. The van der Waals surface area contributed by atoms with E-state index in [4.69, 9.17) is 0 Å². The van der Waals surface area contributed by atoms with Crippen LogP contribution >= 0.6 is 0 Å². The van der Waals surface area contributed by atoms with Crippen molar-refractivity contribution in [3.05, 3.63) is 11.6 Å². The lowest BCUT2D eigenvalue weighted by Gasteiger charge is -2.38. The van der Waals surface area contributed by atoms with E-state index in [2.05, 4.69) is 21.3 Å². The molecular weight excluding hydrogens is 234 g/mol. The van der Waals surface area contributed by atoms with Gasteiger partial charge < -0.3 is 10.2 Å². The van der Waals surface area contributed by atoms with Crippen molar-refractivity contribution in [1.29, 1.82) is 0 Å². The van der Waals surface area contributed by atoms with Crippen LogP contribution in [-0.4, -0.2) is 37.5 Å². The molecule has 2 fully saturated rings. The molecule has 3 rings (SSSR count). The molecule has 0 bridgehead atoms. The molecule has 0 atom stereocenters. The number of aliphatic imine (C=N–C) groups is 1. The van der Waals surface area contributed by atoms with Crippen LogP contribution in [-0.2, 0) is 0 Å². The fourth-order valence-corrected chi connectivity index (χ4v) is 3.83. The van der Waals surface area contributed by atoms with Gasteiger partial charge in [0.1, 0.15) is 0 Å². The SMILES string of the molecule is CN=C(NCCC1=CCCC1)N1CCC2(CCC2)C1. The first-order chi connectivity index (χ1) is 9.31. The fraction of sp³-hybridized carbons (Fsp3) is 0.812. The minimum atomic E-state index is 0.658. The first-order valence-corrected chi connectivity index (χ1v) is 7.95. The number of guanidine groups is 1. The molecule has 1 N–H and O–H groups in total. The Morgan fingerprint density at radius 1 is 1.37 bits per heavy atom. The van der Waals surface area contributed by atoms with E-state index in [0.717, 1.165) is 12.5 Å². The molecule has 3 heteroatoms. The summed E-state index contributed by atoms with van der Waals surface area (Å²) in [6, 6.07) is 0. The highest BCUT2D eigenvalue weighted by Crippen LogP contribution is 2.47. The van der Waals surface area contributed by atoms with Gasteiger partial charge in [-0.3, -0.25) is 4.99 Å². The Balaban J connectivity index is 1.45. The Kier molecular flexibility index (Phi) is 3.81. The zero-order valence-corrected chi connectivity index (χ0v) is 12.2. The standard InChI is InChI=1S/C16H27N3/c1-17-15(18-11-7-14-5-2-3-6-14)19-12-10-16(13-19)8-4-9-16/h5H,2-4,6-13H2,1H3,(H,17,18). The van der Waals surface area contributed by atoms with Crippen LogP contribution < -0.4 is 5.32 Å². The summed E-state index contributed by atoms with van der Waals surface area (Å²) in [6.07, 6.45) is 13.3. The lowest BCUT2D eigenvalue weighted by molar-refractivity contribution is 0.151. The molecule has 0 aromatic carbocycles. The third kappa shape index (κ3) is 2.80. The monoisotopic (exact) mass is 261 g/mol. The average molecular weight is 261 g/mol. The predicted octanol–water partition coefficient (Wildman–Crippen LogP) is 2.94. The molecule has 1 saturated heterocycles. The number of rotatable bonds is 3. The van der Waals surface area contributed by atoms with E-state index >= 15 is 0 Å². The first kappa shape index (κ1) is 13.0. The molecule has 1 heterocycles. The molecule has 1 saturated carbocycles. The van der Waals surface area contributed by atoms with Crippen LogP contribution in [0.5, 0.6) is 0 Å². The van der Waals surface area contributed by atoms with E-state index in [1.54, 1.807) is 5.57 Å². The summed E-state index contributed by atoms with van der Waals surface area (Å²) in [5.74, 6) is 1.13. The fourth-order valence-electron chi connectivity index (χ4n) is 3.83. The van der Waals surface area contributed by atoms with Crippen LogP contribution in [0.2, 0.25) is 0 Å². The summed E-state index contributed by atoms with van der Waals surface area (Å²) >= 11 is 0. The first-order valence-electron chi connectivity index (χ1n) is 7.95. The smallest absolute Gasteiger partial charge is 0.193 e. The van der Waals surface area contributed by atoms with Gasteiger partial charge in [-0.1, -0.05) is 18.1 Å². The maximum absolute atomic E-state index is 4.47. The topological polar surface area (TPSA) is 27.6 Å². The molecule has 1 aliphatic heterocycles. The number of hydrogen-bond donors (Lipinski definition) is 1. The zero-order valence-electron chi connectivity index (χ0n) is 12.2. The van der Waals surface area contributed by atoms with Crippen LogP contribution in [0.25, 0.3) is 0 Å². The Labute approximate surface area is 117 Å². The van der Waals surface area contributed by atoms with Gasteiger partial charge in [-0.25, -0.2) is 0 Å². The van der Waals surface area contributed by atoms with Crippen LogP contribution in [0.4, 0.5) is 0 Å². The highest BCUT2D eigenvalue weighted by atomic mass is 15.3. The number of nitrogens with one attached hydrogen (secondary N) is 1. The molecule has 0 radical (unpaired) electrons. The van der Waals surface area contributed by atoms with E-state index in [0.29, 0.717) is 5.41 Å². The number of likely N-dealkylation sites (tertiary alicyclic amines) is 1. The third-order valence-corrected chi connectivity index (χ3v) is 5.23. The van der Waals surface area contributed by atoms with Gasteiger partial charge in [-0.2, -0.15) is 0 Å². The third-order valence-electron chi connectivity index (χ3n) is 5.23. The van der Waals surface area contributed by atoms with Crippen LogP contribution in [0.3, 0.4) is 0 Å². The van der Waals surface area contributed by atoms with Crippen molar-refractivity contribution in [1.82, 2.24) is 10.2 Å². The number of allylic oxidation sites excluding steroid dienone is 1. The van der Waals surface area contributed by atoms with Gasteiger partial charge in [0.2, 0.25) is 0 Å². The molecule has 1 spiro atoms. The minimum absolute atomic E-state index is 0.658. The second-order valence-corrected chi connectivity index (χ2v) is 6.50. The summed E-state index contributed by atoms with van der Waals surface area (Å²) in [4.78, 5) is 6.94. The Bertz CT molecular complexity index is 379. The van der Waals surface area contributed by atoms with Crippen LogP contribution in [0, 0.1) is 5.41 Å². The lowest BCUT2D eigenvalue weighted by atomic mass is 9.68. The van der Waals surface area contributed by atoms with Gasteiger partial charge in [0, 0.05) is 26.7 Å². The number of hydrogen-bond acceptors (Lipinski definition) is 1. The van der Waals surface area contributed by atoms with E-state index in [1.165, 1.54) is 64.5 Å². The van der Waals surface area contributed by atoms with Crippen molar-refractivity contribution in [2.24, 2.45) is 10.4 Å². The van der Waals surface area contributed by atoms with E-state index in [1.807, 2.05) is 7.05 Å². The summed E-state index contributed by atoms with van der Waals surface area (Å²) in [5.41, 5.74) is 2.30. The van der Waals surface area contributed by atoms with Crippen molar-refractivity contribution in [3.63, 3.8) is 0 Å². The summed E-state index contributed by atoms with van der Waals surface area (Å²) < 4.78 is 0. The van der Waals surface area contributed by atoms with E-state index in [-0.39, 0.29) is 0 Å². The van der Waals surface area contributed by atoms with Crippen LogP contribution in [0.15, 0.2) is 16.6 Å². The minimum Gasteiger partial charge on any atom is -0.356 e. The van der Waals surface area contributed by atoms with Gasteiger partial charge in [0.25, 0.3) is 0 Å². The quantitative estimate of drug-likeness (QED) is 0.480. The normalized spacial score (nSPS) is 25.6. The molecule has 0 amide bonds. The largest absolute Gasteiger partial charge is 0.356 e. The molecular formula is C16H27N3.